The highest BCUT2D eigenvalue weighted by atomic mass is 17.2. The van der Waals surface area contributed by atoms with Gasteiger partial charge < -0.3 is 0 Å². The second-order valence-electron chi connectivity index (χ2n) is 4.92. The van der Waals surface area contributed by atoms with Crippen LogP contribution in [0.2, 0.25) is 0 Å². The monoisotopic (exact) mass is 248 g/mol. The molecule has 0 spiro atoms. The van der Waals surface area contributed by atoms with Crippen molar-refractivity contribution in [2.45, 2.75) is 39.0 Å². The van der Waals surface area contributed by atoms with Crippen LogP contribution in [-0.4, -0.2) is 5.97 Å². The first-order valence-electron chi connectivity index (χ1n) is 6.73. The smallest absolute Gasteiger partial charge is 0.287 e. The first-order chi connectivity index (χ1) is 8.79. The molecule has 0 heterocycles. The topological polar surface area (TPSA) is 35.5 Å². The Hall–Kier alpha value is -1.51. The molecule has 98 valence electrons. The molecule has 0 atom stereocenters. The Labute approximate surface area is 108 Å². The van der Waals surface area contributed by atoms with Gasteiger partial charge in [0.05, 0.1) is 5.92 Å². The highest BCUT2D eigenvalue weighted by molar-refractivity contribution is 5.72. The molecule has 0 N–H and O–H groups in total. The SMILES string of the molecule is CCC1CCC(C(=O)OOc2ccccc2)CC1. The van der Waals surface area contributed by atoms with Crippen LogP contribution < -0.4 is 4.89 Å². The van der Waals surface area contributed by atoms with Crippen molar-refractivity contribution in [1.82, 2.24) is 0 Å². The zero-order chi connectivity index (χ0) is 12.8. The molecule has 0 amide bonds. The van der Waals surface area contributed by atoms with E-state index in [1.54, 1.807) is 12.1 Å². The third kappa shape index (κ3) is 3.49. The van der Waals surface area contributed by atoms with Crippen LogP contribution in [0.3, 0.4) is 0 Å². The van der Waals surface area contributed by atoms with E-state index in [4.69, 9.17) is 9.78 Å². The van der Waals surface area contributed by atoms with E-state index in [1.807, 2.05) is 18.2 Å². The molecule has 2 rings (SSSR count). The van der Waals surface area contributed by atoms with E-state index >= 15 is 0 Å². The Morgan fingerprint density at radius 2 is 1.83 bits per heavy atom. The summed E-state index contributed by atoms with van der Waals surface area (Å²) in [6.45, 7) is 2.21. The number of hydrogen-bond donors (Lipinski definition) is 0. The van der Waals surface area contributed by atoms with Gasteiger partial charge in [-0.1, -0.05) is 31.5 Å². The van der Waals surface area contributed by atoms with Gasteiger partial charge in [-0.15, -0.1) is 0 Å². The first kappa shape index (κ1) is 12.9. The molecule has 0 aliphatic heterocycles. The van der Waals surface area contributed by atoms with Gasteiger partial charge in [-0.2, -0.15) is 0 Å². The molecule has 1 aromatic carbocycles. The van der Waals surface area contributed by atoms with Crippen LogP contribution in [0.1, 0.15) is 39.0 Å². The Morgan fingerprint density at radius 1 is 1.17 bits per heavy atom. The number of hydrogen-bond acceptors (Lipinski definition) is 3. The molecule has 1 aliphatic rings. The summed E-state index contributed by atoms with van der Waals surface area (Å²) in [4.78, 5) is 21.7. The van der Waals surface area contributed by atoms with Crippen LogP contribution in [0, 0.1) is 11.8 Å². The maximum absolute atomic E-state index is 11.8. The van der Waals surface area contributed by atoms with Crippen molar-refractivity contribution >= 4 is 5.97 Å². The van der Waals surface area contributed by atoms with Gasteiger partial charge in [-0.25, -0.2) is 4.79 Å². The Bertz CT molecular complexity index is 367. The molecule has 1 aliphatic carbocycles. The zero-order valence-corrected chi connectivity index (χ0v) is 10.8. The lowest BCUT2D eigenvalue weighted by Gasteiger charge is -2.25. The zero-order valence-electron chi connectivity index (χ0n) is 10.8. The highest BCUT2D eigenvalue weighted by Crippen LogP contribution is 2.31. The Balaban J connectivity index is 1.75. The fourth-order valence-corrected chi connectivity index (χ4v) is 2.44. The largest absolute Gasteiger partial charge is 0.358 e. The summed E-state index contributed by atoms with van der Waals surface area (Å²) < 4.78 is 0. The van der Waals surface area contributed by atoms with Crippen molar-refractivity contribution in [3.63, 3.8) is 0 Å². The number of para-hydroxylation sites is 1. The summed E-state index contributed by atoms with van der Waals surface area (Å²) in [5.74, 6) is 1.13. The van der Waals surface area contributed by atoms with E-state index in [9.17, 15) is 4.79 Å². The summed E-state index contributed by atoms with van der Waals surface area (Å²) >= 11 is 0. The van der Waals surface area contributed by atoms with E-state index in [1.165, 1.54) is 6.42 Å². The van der Waals surface area contributed by atoms with Crippen molar-refractivity contribution in [3.8, 4) is 5.75 Å². The van der Waals surface area contributed by atoms with Gasteiger partial charge in [0.1, 0.15) is 0 Å². The quantitative estimate of drug-likeness (QED) is 0.601. The lowest BCUT2D eigenvalue weighted by Crippen LogP contribution is -2.24. The molecule has 0 aromatic heterocycles. The average molecular weight is 248 g/mol. The van der Waals surface area contributed by atoms with E-state index in [0.717, 1.165) is 31.6 Å². The summed E-state index contributed by atoms with van der Waals surface area (Å²) in [6.07, 6.45) is 5.32. The first-order valence-corrected chi connectivity index (χ1v) is 6.73. The molecule has 0 radical (unpaired) electrons. The van der Waals surface area contributed by atoms with Crippen molar-refractivity contribution in [3.05, 3.63) is 30.3 Å². The van der Waals surface area contributed by atoms with Crippen LogP contribution >= 0.6 is 0 Å². The third-order valence-electron chi connectivity index (χ3n) is 3.72. The summed E-state index contributed by atoms with van der Waals surface area (Å²) in [6, 6.07) is 9.11. The maximum Gasteiger partial charge on any atom is 0.358 e. The van der Waals surface area contributed by atoms with E-state index in [-0.39, 0.29) is 11.9 Å². The van der Waals surface area contributed by atoms with Crippen LogP contribution in [0.4, 0.5) is 0 Å². The molecule has 3 nitrogen and oxygen atoms in total. The number of carbonyl (C=O) groups excluding carboxylic acids is 1. The molecule has 1 saturated carbocycles. The van der Waals surface area contributed by atoms with Gasteiger partial charge in [0.25, 0.3) is 0 Å². The van der Waals surface area contributed by atoms with Gasteiger partial charge in [0.15, 0.2) is 5.75 Å². The molecule has 1 aromatic rings. The van der Waals surface area contributed by atoms with Crippen LogP contribution in [0.15, 0.2) is 30.3 Å². The minimum absolute atomic E-state index is 0.0107. The number of carbonyl (C=O) groups is 1. The van der Waals surface area contributed by atoms with Crippen molar-refractivity contribution in [2.24, 2.45) is 11.8 Å². The molecule has 0 bridgehead atoms. The van der Waals surface area contributed by atoms with Crippen LogP contribution in [-0.2, 0) is 9.68 Å². The van der Waals surface area contributed by atoms with Gasteiger partial charge in [0.2, 0.25) is 0 Å². The second-order valence-corrected chi connectivity index (χ2v) is 4.92. The minimum atomic E-state index is -0.228. The summed E-state index contributed by atoms with van der Waals surface area (Å²) in [7, 11) is 0. The fraction of sp³-hybridized carbons (Fsp3) is 0.533. The lowest BCUT2D eigenvalue weighted by molar-refractivity contribution is -0.220. The van der Waals surface area contributed by atoms with Crippen molar-refractivity contribution in [2.75, 3.05) is 0 Å². The molecule has 0 saturated heterocycles. The standard InChI is InChI=1S/C15H20O3/c1-2-12-8-10-13(11-9-12)15(16)18-17-14-6-4-3-5-7-14/h3-7,12-13H,2,8-11H2,1H3. The van der Waals surface area contributed by atoms with Gasteiger partial charge in [-0.3, -0.25) is 9.78 Å². The van der Waals surface area contributed by atoms with Crippen molar-refractivity contribution < 1.29 is 14.6 Å². The normalized spacial score (nSPS) is 23.4. The number of benzene rings is 1. The van der Waals surface area contributed by atoms with Crippen LogP contribution in [0.5, 0.6) is 5.75 Å². The molecule has 18 heavy (non-hydrogen) atoms. The van der Waals surface area contributed by atoms with Crippen molar-refractivity contribution in [1.29, 1.82) is 0 Å². The van der Waals surface area contributed by atoms with Gasteiger partial charge >= 0.3 is 5.97 Å². The van der Waals surface area contributed by atoms with E-state index in [2.05, 4.69) is 6.92 Å². The summed E-state index contributed by atoms with van der Waals surface area (Å²) in [5.41, 5.74) is 0. The lowest BCUT2D eigenvalue weighted by atomic mass is 9.81. The predicted molar refractivity (Wildman–Crippen MR) is 68.9 cm³/mol. The number of rotatable bonds is 4. The summed E-state index contributed by atoms with van der Waals surface area (Å²) in [5, 5.41) is 0. The molecule has 3 heteroatoms. The second kappa shape index (κ2) is 6.43. The Kier molecular flexibility index (Phi) is 4.62. The maximum atomic E-state index is 11.8. The highest BCUT2D eigenvalue weighted by Gasteiger charge is 2.27. The third-order valence-corrected chi connectivity index (χ3v) is 3.72. The Morgan fingerprint density at radius 3 is 2.44 bits per heavy atom. The van der Waals surface area contributed by atoms with Gasteiger partial charge in [0, 0.05) is 0 Å². The van der Waals surface area contributed by atoms with E-state index in [0.29, 0.717) is 5.75 Å². The molecule has 0 unspecified atom stereocenters. The fourth-order valence-electron chi connectivity index (χ4n) is 2.44. The molecular weight excluding hydrogens is 228 g/mol. The average Bonchev–Trinajstić information content (AvgIpc) is 2.46. The minimum Gasteiger partial charge on any atom is -0.287 e. The molecule has 1 fully saturated rings. The predicted octanol–water partition coefficient (Wildman–Crippen LogP) is 3.74. The van der Waals surface area contributed by atoms with Gasteiger partial charge in [-0.05, 0) is 43.7 Å². The van der Waals surface area contributed by atoms with E-state index < -0.39 is 0 Å². The van der Waals surface area contributed by atoms with Crippen LogP contribution in [0.25, 0.3) is 0 Å². The molecular formula is C15H20O3.